The van der Waals surface area contributed by atoms with Gasteiger partial charge < -0.3 is 0 Å². The van der Waals surface area contributed by atoms with Crippen LogP contribution in [0.5, 0.6) is 0 Å². The SMILES string of the molecule is Cc1cccc(SC(C#N)C(C)C)c1. The van der Waals surface area contributed by atoms with Crippen LogP contribution in [0.15, 0.2) is 29.2 Å². The predicted octanol–water partition coefficient (Wildman–Crippen LogP) is 3.64. The molecule has 14 heavy (non-hydrogen) atoms. The summed E-state index contributed by atoms with van der Waals surface area (Å²) in [7, 11) is 0. The second-order valence-corrected chi connectivity index (χ2v) is 4.94. The zero-order valence-corrected chi connectivity index (χ0v) is 9.64. The van der Waals surface area contributed by atoms with Crippen LogP contribution in [0.3, 0.4) is 0 Å². The normalized spacial score (nSPS) is 12.5. The first kappa shape index (κ1) is 11.1. The maximum atomic E-state index is 8.96. The lowest BCUT2D eigenvalue weighted by molar-refractivity contribution is 0.685. The summed E-state index contributed by atoms with van der Waals surface area (Å²) in [6.45, 7) is 6.23. The van der Waals surface area contributed by atoms with E-state index in [9.17, 15) is 0 Å². The first-order valence-electron chi connectivity index (χ1n) is 4.76. The molecule has 1 aromatic carbocycles. The summed E-state index contributed by atoms with van der Waals surface area (Å²) in [4.78, 5) is 1.19. The van der Waals surface area contributed by atoms with Crippen molar-refractivity contribution in [3.63, 3.8) is 0 Å². The van der Waals surface area contributed by atoms with Gasteiger partial charge in [-0.3, -0.25) is 0 Å². The molecular weight excluding hydrogens is 190 g/mol. The molecular formula is C12H15NS. The Labute approximate surface area is 90.1 Å². The summed E-state index contributed by atoms with van der Waals surface area (Å²) < 4.78 is 0. The molecule has 0 spiro atoms. The molecule has 0 aliphatic rings. The van der Waals surface area contributed by atoms with Crippen LogP contribution in [0.25, 0.3) is 0 Å². The van der Waals surface area contributed by atoms with Crippen molar-refractivity contribution in [2.75, 3.05) is 0 Å². The third-order valence-corrected chi connectivity index (χ3v) is 3.42. The lowest BCUT2D eigenvalue weighted by atomic mass is 10.1. The van der Waals surface area contributed by atoms with Gasteiger partial charge >= 0.3 is 0 Å². The van der Waals surface area contributed by atoms with Crippen molar-refractivity contribution in [2.45, 2.75) is 30.9 Å². The van der Waals surface area contributed by atoms with Crippen LogP contribution in [0, 0.1) is 24.2 Å². The van der Waals surface area contributed by atoms with Gasteiger partial charge in [-0.2, -0.15) is 5.26 Å². The molecule has 0 saturated carbocycles. The van der Waals surface area contributed by atoms with Gasteiger partial charge in [0.05, 0.1) is 11.3 Å². The smallest absolute Gasteiger partial charge is 0.0986 e. The minimum Gasteiger partial charge on any atom is -0.197 e. The summed E-state index contributed by atoms with van der Waals surface area (Å²) in [6.07, 6.45) is 0. The van der Waals surface area contributed by atoms with E-state index < -0.39 is 0 Å². The van der Waals surface area contributed by atoms with Crippen molar-refractivity contribution in [2.24, 2.45) is 5.92 Å². The molecule has 1 atom stereocenters. The number of aryl methyl sites for hydroxylation is 1. The molecule has 0 fully saturated rings. The van der Waals surface area contributed by atoms with E-state index in [0.717, 1.165) is 0 Å². The van der Waals surface area contributed by atoms with Crippen LogP contribution < -0.4 is 0 Å². The quantitative estimate of drug-likeness (QED) is 0.703. The molecule has 0 aliphatic heterocycles. The number of hydrogen-bond acceptors (Lipinski definition) is 2. The van der Waals surface area contributed by atoms with Crippen molar-refractivity contribution in [1.29, 1.82) is 5.26 Å². The Morgan fingerprint density at radius 2 is 2.07 bits per heavy atom. The number of rotatable bonds is 3. The Hall–Kier alpha value is -0.940. The summed E-state index contributed by atoms with van der Waals surface area (Å²) >= 11 is 1.65. The van der Waals surface area contributed by atoms with E-state index in [1.165, 1.54) is 10.5 Å². The zero-order valence-electron chi connectivity index (χ0n) is 8.82. The van der Waals surface area contributed by atoms with E-state index in [0.29, 0.717) is 5.92 Å². The molecule has 0 radical (unpaired) electrons. The molecule has 0 aliphatic carbocycles. The minimum atomic E-state index is 0.0526. The Morgan fingerprint density at radius 3 is 2.57 bits per heavy atom. The monoisotopic (exact) mass is 205 g/mol. The van der Waals surface area contributed by atoms with E-state index in [-0.39, 0.29) is 5.25 Å². The van der Waals surface area contributed by atoms with Gasteiger partial charge in [-0.05, 0) is 25.0 Å². The van der Waals surface area contributed by atoms with Crippen molar-refractivity contribution in [3.05, 3.63) is 29.8 Å². The summed E-state index contributed by atoms with van der Waals surface area (Å²) in [5.74, 6) is 0.394. The van der Waals surface area contributed by atoms with Crippen molar-refractivity contribution in [3.8, 4) is 6.07 Å². The number of thioether (sulfide) groups is 1. The Balaban J connectivity index is 2.73. The fraction of sp³-hybridized carbons (Fsp3) is 0.417. The largest absolute Gasteiger partial charge is 0.197 e. The molecule has 0 bridgehead atoms. The molecule has 74 valence electrons. The van der Waals surface area contributed by atoms with Gasteiger partial charge in [-0.1, -0.05) is 31.5 Å². The lowest BCUT2D eigenvalue weighted by Crippen LogP contribution is -2.07. The standard InChI is InChI=1S/C12H15NS/c1-9(2)12(8-13)14-11-6-4-5-10(3)7-11/h4-7,9,12H,1-3H3. The summed E-state index contributed by atoms with van der Waals surface area (Å²) in [6, 6.07) is 10.6. The minimum absolute atomic E-state index is 0.0526. The highest BCUT2D eigenvalue weighted by atomic mass is 32.2. The van der Waals surface area contributed by atoms with E-state index in [4.69, 9.17) is 5.26 Å². The topological polar surface area (TPSA) is 23.8 Å². The van der Waals surface area contributed by atoms with Gasteiger partial charge in [-0.25, -0.2) is 0 Å². The van der Waals surface area contributed by atoms with E-state index in [1.54, 1.807) is 11.8 Å². The molecule has 0 saturated heterocycles. The van der Waals surface area contributed by atoms with Crippen LogP contribution >= 0.6 is 11.8 Å². The molecule has 1 unspecified atom stereocenters. The fourth-order valence-corrected chi connectivity index (χ4v) is 2.18. The van der Waals surface area contributed by atoms with Crippen LogP contribution in [-0.2, 0) is 0 Å². The van der Waals surface area contributed by atoms with Crippen molar-refractivity contribution >= 4 is 11.8 Å². The predicted molar refractivity (Wildman–Crippen MR) is 61.3 cm³/mol. The molecule has 1 rings (SSSR count). The van der Waals surface area contributed by atoms with E-state index in [2.05, 4.69) is 45.0 Å². The summed E-state index contributed by atoms with van der Waals surface area (Å²) in [5.41, 5.74) is 1.25. The first-order valence-corrected chi connectivity index (χ1v) is 5.64. The van der Waals surface area contributed by atoms with E-state index in [1.807, 2.05) is 6.07 Å². The maximum absolute atomic E-state index is 8.96. The molecule has 1 aromatic rings. The second-order valence-electron chi connectivity index (χ2n) is 3.73. The van der Waals surface area contributed by atoms with Crippen molar-refractivity contribution < 1.29 is 0 Å². The van der Waals surface area contributed by atoms with Gasteiger partial charge in [0.1, 0.15) is 0 Å². The third-order valence-electron chi connectivity index (χ3n) is 1.99. The fourth-order valence-electron chi connectivity index (χ4n) is 1.15. The highest BCUT2D eigenvalue weighted by Crippen LogP contribution is 2.27. The Bertz CT molecular complexity index is 338. The zero-order chi connectivity index (χ0) is 10.6. The molecule has 0 heterocycles. The Kier molecular flexibility index (Phi) is 4.03. The molecule has 1 nitrogen and oxygen atoms in total. The lowest BCUT2D eigenvalue weighted by Gasteiger charge is -2.12. The average Bonchev–Trinajstić information content (AvgIpc) is 2.14. The van der Waals surface area contributed by atoms with Gasteiger partial charge in [0.15, 0.2) is 0 Å². The second kappa shape index (κ2) is 5.07. The average molecular weight is 205 g/mol. The van der Waals surface area contributed by atoms with Crippen LogP contribution in [0.1, 0.15) is 19.4 Å². The van der Waals surface area contributed by atoms with Crippen LogP contribution in [0.4, 0.5) is 0 Å². The van der Waals surface area contributed by atoms with Crippen molar-refractivity contribution in [1.82, 2.24) is 0 Å². The number of hydrogen-bond donors (Lipinski definition) is 0. The van der Waals surface area contributed by atoms with Gasteiger partial charge in [0.25, 0.3) is 0 Å². The van der Waals surface area contributed by atoms with Gasteiger partial charge in [0, 0.05) is 4.90 Å². The third kappa shape index (κ3) is 3.08. The van der Waals surface area contributed by atoms with Gasteiger partial charge in [-0.15, -0.1) is 11.8 Å². The highest BCUT2D eigenvalue weighted by Gasteiger charge is 2.13. The highest BCUT2D eigenvalue weighted by molar-refractivity contribution is 8.00. The number of nitrogens with zero attached hydrogens (tertiary/aromatic N) is 1. The summed E-state index contributed by atoms with van der Waals surface area (Å²) in [5, 5.41) is 9.01. The Morgan fingerprint density at radius 1 is 1.36 bits per heavy atom. The van der Waals surface area contributed by atoms with Crippen LogP contribution in [0.2, 0.25) is 0 Å². The maximum Gasteiger partial charge on any atom is 0.0986 e. The molecule has 2 heteroatoms. The van der Waals surface area contributed by atoms with Gasteiger partial charge in [0.2, 0.25) is 0 Å². The molecule has 0 amide bonds. The van der Waals surface area contributed by atoms with E-state index >= 15 is 0 Å². The van der Waals surface area contributed by atoms with Crippen LogP contribution in [-0.4, -0.2) is 5.25 Å². The number of benzene rings is 1. The first-order chi connectivity index (χ1) is 6.63. The molecule has 0 N–H and O–H groups in total. The molecule has 0 aromatic heterocycles. The number of nitriles is 1.